The van der Waals surface area contributed by atoms with Gasteiger partial charge in [-0.2, -0.15) is 0 Å². The van der Waals surface area contributed by atoms with Gasteiger partial charge in [0.25, 0.3) is 0 Å². The highest BCUT2D eigenvalue weighted by atomic mass is 32.2. The lowest BCUT2D eigenvalue weighted by Gasteiger charge is -2.32. The Kier molecular flexibility index (Phi) is 5.24. The Hall–Kier alpha value is -3.07. The molecule has 0 saturated carbocycles. The minimum Gasteiger partial charge on any atom is -0.463 e. The molecule has 0 aliphatic carbocycles. The number of carbonyl (C=O) groups excluding carboxylic acids is 1. The van der Waals surface area contributed by atoms with Crippen molar-refractivity contribution in [2.75, 3.05) is 5.75 Å². The van der Waals surface area contributed by atoms with Gasteiger partial charge in [-0.25, -0.2) is 15.0 Å². The van der Waals surface area contributed by atoms with E-state index in [4.69, 9.17) is 14.1 Å². The fourth-order valence-corrected chi connectivity index (χ4v) is 6.48. The topological polar surface area (TPSA) is 78.1 Å². The number of pyridine rings is 1. The lowest BCUT2D eigenvalue weighted by molar-refractivity contribution is -0.0395. The molecule has 1 aliphatic rings. The fourth-order valence-electron chi connectivity index (χ4n) is 4.35. The summed E-state index contributed by atoms with van der Waals surface area (Å²) in [5.74, 6) is 1.12. The number of thiophene rings is 1. The van der Waals surface area contributed by atoms with E-state index in [2.05, 4.69) is 23.8 Å². The molecule has 0 saturated heterocycles. The van der Waals surface area contributed by atoms with Crippen LogP contribution in [0.3, 0.4) is 0 Å². The highest BCUT2D eigenvalue weighted by molar-refractivity contribution is 8.00. The Balaban J connectivity index is 1.48. The van der Waals surface area contributed by atoms with Crippen LogP contribution in [0.5, 0.6) is 0 Å². The van der Waals surface area contributed by atoms with Crippen LogP contribution in [0.4, 0.5) is 0 Å². The molecule has 0 fully saturated rings. The number of furan rings is 1. The molecule has 4 aromatic heterocycles. The summed E-state index contributed by atoms with van der Waals surface area (Å²) >= 11 is 3.02. The zero-order chi connectivity index (χ0) is 23.3. The lowest BCUT2D eigenvalue weighted by Crippen LogP contribution is -2.32. The van der Waals surface area contributed by atoms with Gasteiger partial charge < -0.3 is 9.15 Å². The van der Waals surface area contributed by atoms with Gasteiger partial charge in [-0.3, -0.25) is 4.79 Å². The Morgan fingerprint density at radius 1 is 1.12 bits per heavy atom. The first kappa shape index (κ1) is 21.5. The van der Waals surface area contributed by atoms with Crippen molar-refractivity contribution in [3.8, 4) is 11.5 Å². The number of fused-ring (bicyclic) bond motifs is 5. The predicted molar refractivity (Wildman–Crippen MR) is 134 cm³/mol. The number of benzene rings is 1. The zero-order valence-corrected chi connectivity index (χ0v) is 20.3. The van der Waals surface area contributed by atoms with Crippen LogP contribution in [-0.4, -0.2) is 32.1 Å². The second kappa shape index (κ2) is 8.30. The van der Waals surface area contributed by atoms with Crippen LogP contribution < -0.4 is 0 Å². The van der Waals surface area contributed by atoms with Gasteiger partial charge in [0.1, 0.15) is 21.9 Å². The first-order valence-corrected chi connectivity index (χ1v) is 12.8. The van der Waals surface area contributed by atoms with E-state index >= 15 is 0 Å². The number of hydrogen-bond donors (Lipinski definition) is 0. The number of carbonyl (C=O) groups is 1. The van der Waals surface area contributed by atoms with Crippen LogP contribution in [0.25, 0.3) is 31.9 Å². The summed E-state index contributed by atoms with van der Waals surface area (Å²) in [6.45, 7) is 4.68. The molecule has 0 radical (unpaired) electrons. The van der Waals surface area contributed by atoms with Crippen molar-refractivity contribution in [3.05, 3.63) is 71.7 Å². The van der Waals surface area contributed by atoms with E-state index in [9.17, 15) is 4.79 Å². The average molecular weight is 488 g/mol. The molecule has 0 spiro atoms. The van der Waals surface area contributed by atoms with E-state index in [1.54, 1.807) is 23.9 Å². The lowest BCUT2D eigenvalue weighted by atomic mass is 9.89. The first-order valence-electron chi connectivity index (χ1n) is 11.0. The van der Waals surface area contributed by atoms with Gasteiger partial charge in [-0.05, 0) is 31.5 Å². The number of ether oxygens (including phenoxy) is 1. The summed E-state index contributed by atoms with van der Waals surface area (Å²) in [5, 5.41) is 1.86. The quantitative estimate of drug-likeness (QED) is 0.163. The summed E-state index contributed by atoms with van der Waals surface area (Å²) in [6.07, 6.45) is 4.00. The molecule has 170 valence electrons. The number of thioether (sulfide) groups is 1. The van der Waals surface area contributed by atoms with Crippen LogP contribution in [0, 0.1) is 0 Å². The third-order valence-corrected chi connectivity index (χ3v) is 8.18. The second-order valence-corrected chi connectivity index (χ2v) is 10.8. The molecule has 8 heteroatoms. The highest BCUT2D eigenvalue weighted by Gasteiger charge is 2.32. The molecular weight excluding hydrogens is 466 g/mol. The summed E-state index contributed by atoms with van der Waals surface area (Å²) < 4.78 is 12.8. The van der Waals surface area contributed by atoms with Crippen molar-refractivity contribution in [3.63, 3.8) is 0 Å². The standard InChI is InChI=1S/C26H21N3O3S2/c1-26(2)11-16-17(12-32-26)21(19-9-6-10-31-19)29-24-20(16)22-23(34-24)25(28-14-27-22)33-13-18(30)15-7-4-3-5-8-15/h3-10,14H,11-13H2,1-2H3. The monoisotopic (exact) mass is 487 g/mol. The summed E-state index contributed by atoms with van der Waals surface area (Å²) in [7, 11) is 0. The maximum absolute atomic E-state index is 12.7. The summed E-state index contributed by atoms with van der Waals surface area (Å²) in [5.41, 5.74) is 4.37. The third-order valence-electron chi connectivity index (χ3n) is 5.99. The molecule has 6 rings (SSSR count). The second-order valence-electron chi connectivity index (χ2n) is 8.84. The largest absolute Gasteiger partial charge is 0.463 e. The van der Waals surface area contributed by atoms with Gasteiger partial charge >= 0.3 is 0 Å². The number of Topliss-reactive ketones (excluding diaryl/α,β-unsaturated/α-hetero) is 1. The molecule has 0 unspecified atom stereocenters. The minimum atomic E-state index is -0.289. The van der Waals surface area contributed by atoms with Crippen LogP contribution in [0.2, 0.25) is 0 Å². The first-order chi connectivity index (χ1) is 16.5. The smallest absolute Gasteiger partial charge is 0.173 e. The number of hydrogen-bond acceptors (Lipinski definition) is 8. The van der Waals surface area contributed by atoms with Crippen molar-refractivity contribution in [1.82, 2.24) is 15.0 Å². The van der Waals surface area contributed by atoms with E-state index in [-0.39, 0.29) is 11.4 Å². The van der Waals surface area contributed by atoms with Gasteiger partial charge in [0.2, 0.25) is 0 Å². The van der Waals surface area contributed by atoms with Gasteiger partial charge in [0.15, 0.2) is 11.5 Å². The van der Waals surface area contributed by atoms with Crippen molar-refractivity contribution >= 4 is 49.3 Å². The Morgan fingerprint density at radius 3 is 2.76 bits per heavy atom. The van der Waals surface area contributed by atoms with E-state index in [0.717, 1.165) is 48.9 Å². The molecule has 6 nitrogen and oxygen atoms in total. The zero-order valence-electron chi connectivity index (χ0n) is 18.7. The maximum Gasteiger partial charge on any atom is 0.173 e. The van der Waals surface area contributed by atoms with E-state index in [0.29, 0.717) is 17.9 Å². The molecular formula is C26H21N3O3S2. The van der Waals surface area contributed by atoms with Crippen molar-refractivity contribution in [1.29, 1.82) is 0 Å². The highest BCUT2D eigenvalue weighted by Crippen LogP contribution is 2.44. The Morgan fingerprint density at radius 2 is 1.97 bits per heavy atom. The minimum absolute atomic E-state index is 0.0768. The van der Waals surface area contributed by atoms with E-state index in [1.165, 1.54) is 17.3 Å². The van der Waals surface area contributed by atoms with Crippen LogP contribution in [-0.2, 0) is 17.8 Å². The molecule has 34 heavy (non-hydrogen) atoms. The van der Waals surface area contributed by atoms with Crippen molar-refractivity contribution < 1.29 is 13.9 Å². The van der Waals surface area contributed by atoms with Gasteiger partial charge in [0, 0.05) is 22.9 Å². The van der Waals surface area contributed by atoms with E-state index in [1.807, 2.05) is 42.5 Å². The van der Waals surface area contributed by atoms with Crippen molar-refractivity contribution in [2.45, 2.75) is 37.5 Å². The molecule has 0 amide bonds. The Labute approximate surface area is 204 Å². The van der Waals surface area contributed by atoms with Crippen LogP contribution in [0.15, 0.2) is 64.5 Å². The molecule has 0 N–H and O–H groups in total. The number of nitrogens with zero attached hydrogens (tertiary/aromatic N) is 3. The number of aromatic nitrogens is 3. The van der Waals surface area contributed by atoms with E-state index < -0.39 is 0 Å². The van der Waals surface area contributed by atoms with Gasteiger partial charge in [0.05, 0.1) is 34.4 Å². The summed E-state index contributed by atoms with van der Waals surface area (Å²) in [4.78, 5) is 27.7. The van der Waals surface area contributed by atoms with Gasteiger partial charge in [-0.15, -0.1) is 11.3 Å². The number of rotatable bonds is 5. The molecule has 0 atom stereocenters. The van der Waals surface area contributed by atoms with Gasteiger partial charge in [-0.1, -0.05) is 42.1 Å². The SMILES string of the molecule is CC1(C)Cc2c(c(-c3ccco3)nc3sc4c(SCC(=O)c5ccccc5)ncnc4c23)CO1. The average Bonchev–Trinajstić information content (AvgIpc) is 3.50. The molecule has 5 aromatic rings. The molecule has 1 aliphatic heterocycles. The van der Waals surface area contributed by atoms with Crippen LogP contribution >= 0.6 is 23.1 Å². The molecule has 0 bridgehead atoms. The number of ketones is 1. The normalized spacial score (nSPS) is 15.0. The van der Waals surface area contributed by atoms with Crippen molar-refractivity contribution in [2.24, 2.45) is 0 Å². The molecule has 5 heterocycles. The summed E-state index contributed by atoms with van der Waals surface area (Å²) in [6, 6.07) is 13.1. The predicted octanol–water partition coefficient (Wildman–Crippen LogP) is 6.33. The Bertz CT molecular complexity index is 1530. The maximum atomic E-state index is 12.7. The third kappa shape index (κ3) is 3.72. The fraction of sp³-hybridized carbons (Fsp3) is 0.231. The van der Waals surface area contributed by atoms with Crippen LogP contribution in [0.1, 0.15) is 35.3 Å². The molecule has 1 aromatic carbocycles.